The summed E-state index contributed by atoms with van der Waals surface area (Å²) in [5.74, 6) is 23.9. The maximum absolute atomic E-state index is 12.4. The minimum absolute atomic E-state index is 0.153. The summed E-state index contributed by atoms with van der Waals surface area (Å²) < 4.78 is 124. The quantitative estimate of drug-likeness (QED) is 0.0397. The van der Waals surface area contributed by atoms with Gasteiger partial charge < -0.3 is 42.6 Å². The van der Waals surface area contributed by atoms with Gasteiger partial charge in [0.05, 0.1) is 6.10 Å². The fourth-order valence-corrected chi connectivity index (χ4v) is 36.9. The maximum atomic E-state index is 12.4. The standard InChI is InChI=1S/C19H25OS.C18H23OS.C17H18F3OS.C17H21O2S.C17H21OS.C16H16F3OS.C16H19O2S/c1-19(2,3)20-17-11-12-18(21-13-7-4-8-14-21)16-10-6-5-9-15(16)17;1-18(2,3)19-16-10-11-17(20-12-6-7-13-20)15-9-5-4-8-14(15)16;18-17(19,20)12-21-15-8-9-16(22-10-4-1-5-11-22)14-7-3-2-6-13(14)15;1-18-13-19-16-9-10-17(20-11-5-2-6-12-20)15-8-4-3-7-14(15)16;1-13(2)18-16-9-10-17(19-11-5-6-12-19)15-8-4-3-7-14(15)16;17-16(18,19)11-20-14-7-8-15(21-9-3-4-10-21)13-6-2-1-5-12(13)14;1-17-12-18-15-8-9-16(19-10-4-5-11-19)14-7-3-2-6-13(14)15/h5-6,9-12H,4,7-8,13-14H2,1-3H3;4-5,8-11H,6-7,12-13H2,1-3H3;2-3,6-9H,1,4-5,10-12H2;3-4,7-10H,2,5-6,11-13H2,1H3;3-4,7-10,13H,5-6,11-12H2,1-2H3;1-2,5-8H,3-4,9-11H2;2-3,6-9H,4-5,10-12H2,1H3/q7*+1. The lowest BCUT2D eigenvalue weighted by atomic mass is 10.1. The first kappa shape index (κ1) is 108. The van der Waals surface area contributed by atoms with Crippen LogP contribution in [0.25, 0.3) is 75.4 Å². The van der Waals surface area contributed by atoms with Gasteiger partial charge in [-0.05, 0) is 292 Å². The molecule has 9 nitrogen and oxygen atoms in total. The molecule has 142 heavy (non-hydrogen) atoms. The van der Waals surface area contributed by atoms with Crippen LogP contribution >= 0.6 is 0 Å². The van der Waals surface area contributed by atoms with Crippen molar-refractivity contribution >= 4 is 152 Å². The zero-order chi connectivity index (χ0) is 99.6. The Morgan fingerprint density at radius 1 is 0.218 bits per heavy atom. The average molecular weight is 2070 g/mol. The van der Waals surface area contributed by atoms with E-state index >= 15 is 0 Å². The Hall–Kier alpha value is -8.55. The number of hydrogen-bond acceptors (Lipinski definition) is 9. The van der Waals surface area contributed by atoms with Crippen LogP contribution in [0.1, 0.15) is 165 Å². The molecular formula is C120H143F6O9S7+7. The van der Waals surface area contributed by atoms with Gasteiger partial charge in [0.25, 0.3) is 0 Å². The van der Waals surface area contributed by atoms with Crippen molar-refractivity contribution in [3.05, 3.63) is 255 Å². The van der Waals surface area contributed by atoms with Gasteiger partial charge in [0, 0.05) is 166 Å². The topological polar surface area (TPSA) is 83.1 Å². The average Bonchev–Trinajstić information content (AvgIpc) is 1.43. The third-order valence-corrected chi connectivity index (χ3v) is 43.5. The Morgan fingerprint density at radius 3 is 0.577 bits per heavy atom. The molecule has 0 amide bonds. The van der Waals surface area contributed by atoms with Crippen LogP contribution in [0.15, 0.2) is 289 Å². The van der Waals surface area contributed by atoms with Crippen molar-refractivity contribution in [3.63, 3.8) is 0 Å². The number of rotatable bonds is 21. The van der Waals surface area contributed by atoms with Gasteiger partial charge in [-0.2, -0.15) is 26.3 Å². The molecule has 21 rings (SSSR count). The van der Waals surface area contributed by atoms with Gasteiger partial charge in [-0.3, -0.25) is 0 Å². The molecule has 0 unspecified atom stereocenters. The van der Waals surface area contributed by atoms with Gasteiger partial charge in [0.15, 0.2) is 61.1 Å². The molecular weight excluding hydrogens is 1920 g/mol. The second-order valence-corrected chi connectivity index (χ2v) is 54.8. The first-order valence-electron chi connectivity index (χ1n) is 50.8. The summed E-state index contributed by atoms with van der Waals surface area (Å²) in [7, 11) is 5.93. The Kier molecular flexibility index (Phi) is 39.6. The van der Waals surface area contributed by atoms with E-state index < -0.39 is 25.6 Å². The summed E-state index contributed by atoms with van der Waals surface area (Å²) in [6.45, 7) is 14.9. The third kappa shape index (κ3) is 29.9. The van der Waals surface area contributed by atoms with E-state index in [2.05, 4.69) is 237 Å². The predicted octanol–water partition coefficient (Wildman–Crippen LogP) is 31.4. The predicted molar refractivity (Wildman–Crippen MR) is 598 cm³/mol. The SMILES string of the molecule is CC(C)(C)Oc1ccc([S+]2CCCC2)c2ccccc12.CC(C)(C)Oc1ccc([S+]2CCCCC2)c2ccccc12.CC(C)Oc1ccc([S+]2CCCC2)c2ccccc12.COCOc1ccc([S+]2CCCC2)c2ccccc12.COCOc1ccc([S+]2CCCCC2)c2ccccc12.FC(F)(F)COc1ccc([S+]2CCCC2)c2ccccc12.FC(F)(F)COc1ccc([S+]2CCCCC2)c2ccccc12. The van der Waals surface area contributed by atoms with Crippen LogP contribution < -0.4 is 33.2 Å². The van der Waals surface area contributed by atoms with Crippen molar-refractivity contribution in [2.75, 3.05) is 122 Å². The highest BCUT2D eigenvalue weighted by molar-refractivity contribution is 7.99. The van der Waals surface area contributed by atoms with Crippen LogP contribution in [0.3, 0.4) is 0 Å². The summed E-state index contributed by atoms with van der Waals surface area (Å²) in [5.41, 5.74) is -0.308. The van der Waals surface area contributed by atoms with Crippen molar-refractivity contribution in [1.29, 1.82) is 0 Å². The molecule has 7 heterocycles. The van der Waals surface area contributed by atoms with E-state index in [1.807, 2.05) is 60.7 Å². The van der Waals surface area contributed by atoms with Gasteiger partial charge >= 0.3 is 12.4 Å². The zero-order valence-corrected chi connectivity index (χ0v) is 90.1. The Morgan fingerprint density at radius 2 is 0.387 bits per heavy atom. The summed E-state index contributed by atoms with van der Waals surface area (Å²) in [5, 5.41) is 16.7. The third-order valence-electron chi connectivity index (χ3n) is 25.7. The molecule has 0 atom stereocenters. The van der Waals surface area contributed by atoms with Gasteiger partial charge in [-0.1, -0.05) is 127 Å². The second kappa shape index (κ2) is 52.2. The zero-order valence-electron chi connectivity index (χ0n) is 84.4. The van der Waals surface area contributed by atoms with E-state index in [-0.39, 0.29) is 39.1 Å². The monoisotopic (exact) mass is 2070 g/mol. The van der Waals surface area contributed by atoms with Crippen molar-refractivity contribution in [2.24, 2.45) is 0 Å². The number of methoxy groups -OCH3 is 2. The van der Waals surface area contributed by atoms with Crippen LogP contribution in [-0.2, 0) is 85.7 Å². The number of hydrogen-bond donors (Lipinski definition) is 0. The minimum Gasteiger partial charge on any atom is -0.490 e. The molecule has 7 saturated heterocycles. The molecule has 0 radical (unpaired) electrons. The summed E-state index contributed by atoms with van der Waals surface area (Å²) in [6, 6.07) is 87.9. The maximum Gasteiger partial charge on any atom is 0.422 e. The number of fused-ring (bicyclic) bond motifs is 7. The molecule has 0 bridgehead atoms. The van der Waals surface area contributed by atoms with E-state index in [1.54, 1.807) is 41.0 Å². The van der Waals surface area contributed by atoms with E-state index in [4.69, 9.17) is 42.6 Å². The Balaban J connectivity index is 0.000000125. The molecule has 0 spiro atoms. The fraction of sp³-hybridized carbons (Fsp3) is 0.417. The van der Waals surface area contributed by atoms with Gasteiger partial charge in [0.2, 0.25) is 0 Å². The van der Waals surface area contributed by atoms with E-state index in [0.717, 1.165) is 50.3 Å². The number of benzene rings is 14. The summed E-state index contributed by atoms with van der Waals surface area (Å²) in [6.07, 6.45) is 14.5. The van der Waals surface area contributed by atoms with E-state index in [9.17, 15) is 26.3 Å². The van der Waals surface area contributed by atoms with Crippen molar-refractivity contribution < 1.29 is 69.0 Å². The van der Waals surface area contributed by atoms with Crippen LogP contribution in [0.5, 0.6) is 40.2 Å². The highest BCUT2D eigenvalue weighted by Crippen LogP contribution is 2.45. The lowest BCUT2D eigenvalue weighted by Crippen LogP contribution is -2.23. The van der Waals surface area contributed by atoms with Gasteiger partial charge in [0.1, 0.15) is 132 Å². The highest BCUT2D eigenvalue weighted by atomic mass is 32.2. The number of ether oxygens (including phenoxy) is 9. The Bertz CT molecular complexity index is 6380. The second-order valence-electron chi connectivity index (χ2n) is 39.1. The largest absolute Gasteiger partial charge is 0.490 e. The highest BCUT2D eigenvalue weighted by Gasteiger charge is 2.38. The molecule has 14 aromatic rings. The first-order valence-corrected chi connectivity index (χ1v) is 61.7. The molecule has 0 N–H and O–H groups in total. The van der Waals surface area contributed by atoms with Gasteiger partial charge in [-0.15, -0.1) is 0 Å². The summed E-state index contributed by atoms with van der Waals surface area (Å²) >= 11 is 0. The minimum atomic E-state index is -4.31. The normalized spacial score (nSPS) is 16.6. The molecule has 14 aromatic carbocycles. The molecule has 22 heteroatoms. The van der Waals surface area contributed by atoms with Crippen molar-refractivity contribution in [3.8, 4) is 40.2 Å². The van der Waals surface area contributed by atoms with Crippen LogP contribution in [0.2, 0.25) is 0 Å². The lowest BCUT2D eigenvalue weighted by Gasteiger charge is -2.23. The molecule has 0 saturated carbocycles. The van der Waals surface area contributed by atoms with E-state index in [1.165, 1.54) is 263 Å². The Labute approximate surface area is 858 Å². The first-order chi connectivity index (χ1) is 68.7. The number of halogens is 6. The van der Waals surface area contributed by atoms with Crippen molar-refractivity contribution in [2.45, 2.75) is 228 Å². The molecule has 7 aliphatic rings. The smallest absolute Gasteiger partial charge is 0.422 e. The van der Waals surface area contributed by atoms with Crippen LogP contribution in [0, 0.1) is 0 Å². The van der Waals surface area contributed by atoms with Crippen LogP contribution in [0.4, 0.5) is 26.3 Å². The lowest BCUT2D eigenvalue weighted by molar-refractivity contribution is -0.153. The molecule has 7 aliphatic heterocycles. The number of alkyl halides is 6. The molecule has 7 fully saturated rings. The fourth-order valence-electron chi connectivity index (χ4n) is 19.4. The molecule has 754 valence electrons. The van der Waals surface area contributed by atoms with Crippen LogP contribution in [-0.4, -0.2) is 151 Å². The van der Waals surface area contributed by atoms with Gasteiger partial charge in [-0.25, -0.2) is 0 Å². The van der Waals surface area contributed by atoms with E-state index in [0.29, 0.717) is 79.6 Å². The molecule has 0 aromatic heterocycles. The summed E-state index contributed by atoms with van der Waals surface area (Å²) in [4.78, 5) is 10.2. The molecule has 0 aliphatic carbocycles. The van der Waals surface area contributed by atoms with Crippen molar-refractivity contribution in [1.82, 2.24) is 0 Å².